The van der Waals surface area contributed by atoms with Crippen LogP contribution in [-0.4, -0.2) is 39.5 Å². The number of ether oxygens (including phenoxy) is 1. The molecule has 1 fully saturated rings. The Bertz CT molecular complexity index is 593. The fourth-order valence-electron chi connectivity index (χ4n) is 3.21. The van der Waals surface area contributed by atoms with E-state index in [4.69, 9.17) is 14.9 Å². The lowest BCUT2D eigenvalue weighted by Crippen LogP contribution is -2.34. The number of para-hydroxylation sites is 1. The van der Waals surface area contributed by atoms with Crippen molar-refractivity contribution < 1.29 is 29.6 Å². The van der Waals surface area contributed by atoms with Gasteiger partial charge in [0.15, 0.2) is 5.78 Å². The van der Waals surface area contributed by atoms with Crippen LogP contribution in [0.3, 0.4) is 0 Å². The molecule has 2 unspecified atom stereocenters. The van der Waals surface area contributed by atoms with Gasteiger partial charge in [-0.15, -0.1) is 0 Å². The Kier molecular flexibility index (Phi) is 7.58. The molecule has 1 aliphatic rings. The standard InChI is InChI=1S/C16H22O3.C3H6O3/c1-11-8-12(10-16(2,3)9-11)19-15(18)13-6-4-5-7-14(13)17;1-2(4)3(5)6/h4-7,11-12,17H,8-10H2,1-3H3;3,5-6H,1H3. The summed E-state index contributed by atoms with van der Waals surface area (Å²) in [6.45, 7) is 7.72. The van der Waals surface area contributed by atoms with Crippen LogP contribution in [0.25, 0.3) is 0 Å². The number of esters is 1. The summed E-state index contributed by atoms with van der Waals surface area (Å²) in [5.74, 6) is -0.510. The van der Waals surface area contributed by atoms with E-state index in [0.717, 1.165) is 26.2 Å². The fourth-order valence-corrected chi connectivity index (χ4v) is 3.21. The van der Waals surface area contributed by atoms with E-state index in [2.05, 4.69) is 20.8 Å². The molecule has 3 N–H and O–H groups in total. The van der Waals surface area contributed by atoms with Crippen LogP contribution in [0.2, 0.25) is 0 Å². The Hall–Kier alpha value is -1.92. The summed E-state index contributed by atoms with van der Waals surface area (Å²) in [7, 11) is 0. The second-order valence-electron chi connectivity index (χ2n) is 7.44. The Morgan fingerprint density at radius 3 is 2.24 bits per heavy atom. The number of phenols is 1. The number of Topliss-reactive ketones (excluding diaryl/α,β-unsaturated/α-hetero) is 1. The number of aliphatic hydroxyl groups is 2. The third-order valence-electron chi connectivity index (χ3n) is 4.11. The Balaban J connectivity index is 0.000000450. The third kappa shape index (κ3) is 7.23. The number of ketones is 1. The smallest absolute Gasteiger partial charge is 0.342 e. The zero-order valence-corrected chi connectivity index (χ0v) is 15.2. The van der Waals surface area contributed by atoms with E-state index in [0.29, 0.717) is 5.92 Å². The molecule has 2 atom stereocenters. The quantitative estimate of drug-likeness (QED) is 0.571. The summed E-state index contributed by atoms with van der Waals surface area (Å²) >= 11 is 0. The first kappa shape index (κ1) is 21.1. The van der Waals surface area contributed by atoms with E-state index in [1.54, 1.807) is 18.2 Å². The minimum Gasteiger partial charge on any atom is -0.507 e. The molecule has 0 heterocycles. The van der Waals surface area contributed by atoms with Gasteiger partial charge in [0.1, 0.15) is 17.4 Å². The van der Waals surface area contributed by atoms with E-state index in [1.807, 2.05) is 0 Å². The van der Waals surface area contributed by atoms with Gasteiger partial charge in [0.05, 0.1) is 0 Å². The Labute approximate surface area is 148 Å². The van der Waals surface area contributed by atoms with Gasteiger partial charge in [-0.3, -0.25) is 4.79 Å². The zero-order chi connectivity index (χ0) is 19.2. The predicted molar refractivity (Wildman–Crippen MR) is 93.0 cm³/mol. The first-order valence-electron chi connectivity index (χ1n) is 8.37. The largest absolute Gasteiger partial charge is 0.507 e. The van der Waals surface area contributed by atoms with Gasteiger partial charge >= 0.3 is 5.97 Å². The molecule has 1 aromatic carbocycles. The molecule has 140 valence electrons. The van der Waals surface area contributed by atoms with Crippen molar-refractivity contribution in [1.82, 2.24) is 0 Å². The number of benzene rings is 1. The number of aliphatic hydroxyl groups excluding tert-OH is 1. The summed E-state index contributed by atoms with van der Waals surface area (Å²) in [4.78, 5) is 21.7. The van der Waals surface area contributed by atoms with Crippen molar-refractivity contribution in [3.63, 3.8) is 0 Å². The van der Waals surface area contributed by atoms with Crippen molar-refractivity contribution in [2.75, 3.05) is 0 Å². The average molecular weight is 352 g/mol. The van der Waals surface area contributed by atoms with Crippen molar-refractivity contribution in [2.24, 2.45) is 11.3 Å². The highest BCUT2D eigenvalue weighted by Gasteiger charge is 2.34. The van der Waals surface area contributed by atoms with Crippen LogP contribution in [-0.2, 0) is 9.53 Å². The van der Waals surface area contributed by atoms with E-state index < -0.39 is 18.0 Å². The number of aromatic hydroxyl groups is 1. The normalized spacial score (nSPS) is 21.9. The molecular weight excluding hydrogens is 324 g/mol. The van der Waals surface area contributed by atoms with Crippen LogP contribution in [0.5, 0.6) is 5.75 Å². The highest BCUT2D eigenvalue weighted by atomic mass is 16.5. The van der Waals surface area contributed by atoms with E-state index >= 15 is 0 Å². The maximum absolute atomic E-state index is 12.1. The molecule has 0 aromatic heterocycles. The molecule has 6 nitrogen and oxygen atoms in total. The summed E-state index contributed by atoms with van der Waals surface area (Å²) in [6.07, 6.45) is 1.12. The van der Waals surface area contributed by atoms with Gasteiger partial charge < -0.3 is 20.1 Å². The SMILES string of the molecule is CC(=O)C(O)O.CC1CC(OC(=O)c2ccccc2O)CC(C)(C)C1. The van der Waals surface area contributed by atoms with Gasteiger partial charge in [-0.1, -0.05) is 32.9 Å². The van der Waals surface area contributed by atoms with Crippen LogP contribution < -0.4 is 0 Å². The monoisotopic (exact) mass is 352 g/mol. The van der Waals surface area contributed by atoms with Crippen molar-refractivity contribution in [3.05, 3.63) is 29.8 Å². The molecule has 25 heavy (non-hydrogen) atoms. The highest BCUT2D eigenvalue weighted by Crippen LogP contribution is 2.40. The van der Waals surface area contributed by atoms with Crippen LogP contribution in [0.4, 0.5) is 0 Å². The minimum absolute atomic E-state index is 0.0179. The molecule has 0 amide bonds. The van der Waals surface area contributed by atoms with Crippen LogP contribution in [0.15, 0.2) is 24.3 Å². The lowest BCUT2D eigenvalue weighted by atomic mass is 9.71. The van der Waals surface area contributed by atoms with Crippen molar-refractivity contribution in [3.8, 4) is 5.75 Å². The van der Waals surface area contributed by atoms with Gasteiger partial charge in [0.25, 0.3) is 0 Å². The topological polar surface area (TPSA) is 104 Å². The second-order valence-corrected chi connectivity index (χ2v) is 7.44. The number of phenolic OH excluding ortho intramolecular Hbond substituents is 1. The zero-order valence-electron chi connectivity index (χ0n) is 15.2. The van der Waals surface area contributed by atoms with Crippen LogP contribution in [0.1, 0.15) is 57.3 Å². The van der Waals surface area contributed by atoms with Crippen molar-refractivity contribution in [2.45, 2.75) is 59.4 Å². The van der Waals surface area contributed by atoms with Crippen LogP contribution >= 0.6 is 0 Å². The van der Waals surface area contributed by atoms with Gasteiger partial charge in [0.2, 0.25) is 6.29 Å². The molecule has 1 aliphatic carbocycles. The molecular formula is C19H28O6. The summed E-state index contributed by atoms with van der Waals surface area (Å²) in [5.41, 5.74) is 0.458. The molecule has 2 rings (SSSR count). The van der Waals surface area contributed by atoms with E-state index in [1.165, 1.54) is 6.07 Å². The third-order valence-corrected chi connectivity index (χ3v) is 4.11. The van der Waals surface area contributed by atoms with Gasteiger partial charge in [-0.05, 0) is 49.7 Å². The first-order valence-corrected chi connectivity index (χ1v) is 8.37. The fraction of sp³-hybridized carbons (Fsp3) is 0.579. The van der Waals surface area contributed by atoms with Gasteiger partial charge in [0, 0.05) is 0 Å². The first-order chi connectivity index (χ1) is 11.5. The number of rotatable bonds is 3. The average Bonchev–Trinajstić information content (AvgIpc) is 2.45. The van der Waals surface area contributed by atoms with E-state index in [-0.39, 0.29) is 22.8 Å². The number of hydrogen-bond donors (Lipinski definition) is 3. The summed E-state index contributed by atoms with van der Waals surface area (Å²) in [5, 5.41) is 25.3. The lowest BCUT2D eigenvalue weighted by Gasteiger charge is -2.38. The van der Waals surface area contributed by atoms with Crippen molar-refractivity contribution >= 4 is 11.8 Å². The molecule has 1 aromatic rings. The number of carbonyl (C=O) groups excluding carboxylic acids is 2. The maximum atomic E-state index is 12.1. The summed E-state index contributed by atoms with van der Waals surface area (Å²) in [6, 6.07) is 6.51. The molecule has 6 heteroatoms. The van der Waals surface area contributed by atoms with Crippen molar-refractivity contribution in [1.29, 1.82) is 0 Å². The second kappa shape index (κ2) is 8.97. The lowest BCUT2D eigenvalue weighted by molar-refractivity contribution is -0.142. The Morgan fingerprint density at radius 1 is 1.20 bits per heavy atom. The molecule has 0 saturated heterocycles. The number of hydrogen-bond acceptors (Lipinski definition) is 6. The highest BCUT2D eigenvalue weighted by molar-refractivity contribution is 5.92. The predicted octanol–water partition coefficient (Wildman–Crippen LogP) is 2.65. The molecule has 1 saturated carbocycles. The molecule has 0 spiro atoms. The minimum atomic E-state index is -1.79. The van der Waals surface area contributed by atoms with Crippen LogP contribution in [0, 0.1) is 11.3 Å². The number of carbonyl (C=O) groups is 2. The van der Waals surface area contributed by atoms with E-state index in [9.17, 15) is 14.7 Å². The summed E-state index contributed by atoms with van der Waals surface area (Å²) < 4.78 is 5.57. The van der Waals surface area contributed by atoms with Gasteiger partial charge in [-0.2, -0.15) is 0 Å². The maximum Gasteiger partial charge on any atom is 0.342 e. The molecule has 0 radical (unpaired) electrons. The molecule has 0 bridgehead atoms. The van der Waals surface area contributed by atoms with Gasteiger partial charge in [-0.25, -0.2) is 4.79 Å². The molecule has 0 aliphatic heterocycles. The Morgan fingerprint density at radius 2 is 1.76 bits per heavy atom.